The fourth-order valence-electron chi connectivity index (χ4n) is 2.68. The summed E-state index contributed by atoms with van der Waals surface area (Å²) in [5.74, 6) is -0.256. The fraction of sp³-hybridized carbons (Fsp3) is 0.278. The van der Waals surface area contributed by atoms with Crippen LogP contribution in [0.15, 0.2) is 42.9 Å². The number of carbonyl (C=O) groups is 1. The molecule has 2 heterocycles. The van der Waals surface area contributed by atoms with Gasteiger partial charge in [0, 0.05) is 62.1 Å². The lowest BCUT2D eigenvalue weighted by molar-refractivity contribution is -0.139. The number of para-hydroxylation sites is 1. The number of nitrogens with zero attached hydrogens (tertiary/aromatic N) is 3. The summed E-state index contributed by atoms with van der Waals surface area (Å²) < 4.78 is 0. The summed E-state index contributed by atoms with van der Waals surface area (Å²) in [6.07, 6.45) is 5.69. The normalized spacial score (nSPS) is 12.2. The molecule has 0 spiro atoms. The van der Waals surface area contributed by atoms with Crippen molar-refractivity contribution in [3.63, 3.8) is 0 Å². The topological polar surface area (TPSA) is 94.1 Å². The van der Waals surface area contributed by atoms with Crippen LogP contribution in [-0.2, 0) is 17.8 Å². The molecular formula is C18H21N5O2. The number of nitrogens with one attached hydrogen (secondary N) is 2. The van der Waals surface area contributed by atoms with E-state index in [-0.39, 0.29) is 0 Å². The minimum Gasteiger partial charge on any atom is -0.480 e. The smallest absolute Gasteiger partial charge is 0.321 e. The third-order valence-electron chi connectivity index (χ3n) is 4.04. The molecule has 2 aromatic heterocycles. The van der Waals surface area contributed by atoms with Gasteiger partial charge < -0.3 is 15.0 Å². The van der Waals surface area contributed by atoms with E-state index in [1.165, 1.54) is 0 Å². The molecule has 1 unspecified atom stereocenters. The fourth-order valence-corrected chi connectivity index (χ4v) is 2.68. The van der Waals surface area contributed by atoms with Crippen molar-refractivity contribution >= 4 is 22.8 Å². The first-order chi connectivity index (χ1) is 12.0. The van der Waals surface area contributed by atoms with E-state index in [1.54, 1.807) is 12.4 Å². The zero-order valence-electron chi connectivity index (χ0n) is 14.2. The number of anilines is 1. The molecule has 0 radical (unpaired) electrons. The molecule has 1 atom stereocenters. The second-order valence-electron chi connectivity index (χ2n) is 6.12. The maximum Gasteiger partial charge on any atom is 0.321 e. The number of H-pyrrole nitrogens is 1. The van der Waals surface area contributed by atoms with E-state index in [1.807, 2.05) is 49.5 Å². The maximum atomic E-state index is 11.6. The van der Waals surface area contributed by atoms with Crippen molar-refractivity contribution in [2.24, 2.45) is 0 Å². The molecule has 0 aliphatic heterocycles. The molecular weight excluding hydrogens is 318 g/mol. The number of carboxylic acids is 1. The maximum absolute atomic E-state index is 11.6. The van der Waals surface area contributed by atoms with Crippen molar-refractivity contribution < 1.29 is 9.90 Å². The number of aliphatic carboxylic acids is 1. The van der Waals surface area contributed by atoms with Gasteiger partial charge in [-0.15, -0.1) is 0 Å². The third kappa shape index (κ3) is 3.95. The van der Waals surface area contributed by atoms with Crippen LogP contribution in [0.1, 0.15) is 11.1 Å². The summed E-state index contributed by atoms with van der Waals surface area (Å²) in [6, 6.07) is 7.19. The monoisotopic (exact) mass is 339 g/mol. The molecule has 3 rings (SSSR count). The van der Waals surface area contributed by atoms with Crippen molar-refractivity contribution in [2.45, 2.75) is 19.0 Å². The zero-order valence-corrected chi connectivity index (χ0v) is 14.2. The van der Waals surface area contributed by atoms with Crippen LogP contribution in [0.3, 0.4) is 0 Å². The summed E-state index contributed by atoms with van der Waals surface area (Å²) in [5, 5.41) is 13.7. The molecule has 0 aliphatic rings. The molecule has 1 aromatic carbocycles. The molecule has 0 saturated carbocycles. The minimum atomic E-state index is -0.879. The number of hydrogen-bond donors (Lipinski definition) is 3. The highest BCUT2D eigenvalue weighted by atomic mass is 16.4. The Morgan fingerprint density at radius 1 is 1.28 bits per heavy atom. The van der Waals surface area contributed by atoms with Crippen LogP contribution < -0.4 is 10.2 Å². The Hall–Kier alpha value is -2.93. The lowest BCUT2D eigenvalue weighted by atomic mass is 10.0. The average Bonchev–Trinajstić information content (AvgIpc) is 3.01. The van der Waals surface area contributed by atoms with E-state index in [4.69, 9.17) is 0 Å². The molecule has 3 N–H and O–H groups in total. The first-order valence-electron chi connectivity index (χ1n) is 8.04. The molecule has 0 fully saturated rings. The van der Waals surface area contributed by atoms with Gasteiger partial charge in [0.1, 0.15) is 6.04 Å². The van der Waals surface area contributed by atoms with E-state index < -0.39 is 12.0 Å². The van der Waals surface area contributed by atoms with Crippen molar-refractivity contribution in [1.29, 1.82) is 0 Å². The summed E-state index contributed by atoms with van der Waals surface area (Å²) in [5.41, 5.74) is 2.83. The van der Waals surface area contributed by atoms with Crippen LogP contribution in [0.25, 0.3) is 10.9 Å². The Labute approximate surface area is 145 Å². The van der Waals surface area contributed by atoms with Crippen molar-refractivity contribution in [2.75, 3.05) is 19.0 Å². The third-order valence-corrected chi connectivity index (χ3v) is 4.04. The number of carboxylic acid groups (broad SMARTS) is 1. The highest BCUT2D eigenvalue weighted by Gasteiger charge is 2.19. The van der Waals surface area contributed by atoms with E-state index in [0.717, 1.165) is 22.0 Å². The lowest BCUT2D eigenvalue weighted by Gasteiger charge is -2.15. The average molecular weight is 339 g/mol. The van der Waals surface area contributed by atoms with Crippen LogP contribution in [0.2, 0.25) is 0 Å². The predicted octanol–water partition coefficient (Wildman–Crippen LogP) is 1.81. The van der Waals surface area contributed by atoms with Crippen LogP contribution in [0, 0.1) is 0 Å². The summed E-state index contributed by atoms with van der Waals surface area (Å²) in [4.78, 5) is 25.1. The minimum absolute atomic E-state index is 0.396. The van der Waals surface area contributed by atoms with Gasteiger partial charge in [-0.2, -0.15) is 0 Å². The van der Waals surface area contributed by atoms with Crippen LogP contribution >= 0.6 is 0 Å². The molecule has 7 heteroatoms. The van der Waals surface area contributed by atoms with Crippen molar-refractivity contribution in [3.05, 3.63) is 54.0 Å². The van der Waals surface area contributed by atoms with Gasteiger partial charge in [-0.25, -0.2) is 9.97 Å². The highest BCUT2D eigenvalue weighted by Crippen LogP contribution is 2.19. The van der Waals surface area contributed by atoms with Crippen molar-refractivity contribution in [3.8, 4) is 0 Å². The van der Waals surface area contributed by atoms with Gasteiger partial charge in [0.05, 0.1) is 0 Å². The first-order valence-corrected chi connectivity index (χ1v) is 8.04. The number of fused-ring (bicyclic) bond motifs is 1. The van der Waals surface area contributed by atoms with Crippen LogP contribution in [-0.4, -0.2) is 46.2 Å². The van der Waals surface area contributed by atoms with Gasteiger partial charge in [-0.3, -0.25) is 10.1 Å². The second kappa shape index (κ2) is 7.31. The Morgan fingerprint density at radius 2 is 2.00 bits per heavy atom. The molecule has 0 amide bonds. The van der Waals surface area contributed by atoms with Gasteiger partial charge in [-0.05, 0) is 11.6 Å². The lowest BCUT2D eigenvalue weighted by Crippen LogP contribution is -2.38. The molecule has 3 aromatic rings. The molecule has 0 bridgehead atoms. The molecule has 0 saturated heterocycles. The highest BCUT2D eigenvalue weighted by molar-refractivity contribution is 5.84. The van der Waals surface area contributed by atoms with Gasteiger partial charge in [0.15, 0.2) is 0 Å². The Balaban J connectivity index is 1.68. The van der Waals surface area contributed by atoms with Gasteiger partial charge in [0.25, 0.3) is 0 Å². The van der Waals surface area contributed by atoms with Crippen LogP contribution in [0.4, 0.5) is 5.95 Å². The summed E-state index contributed by atoms with van der Waals surface area (Å²) in [7, 11) is 3.74. The number of aromatic amines is 1. The zero-order chi connectivity index (χ0) is 17.8. The SMILES string of the molecule is CN(C)c1ncc(CNC(Cc2c[nH]c3ccccc23)C(=O)O)cn1. The van der Waals surface area contributed by atoms with E-state index >= 15 is 0 Å². The molecule has 7 nitrogen and oxygen atoms in total. The molecule has 25 heavy (non-hydrogen) atoms. The van der Waals surface area contributed by atoms with Crippen LogP contribution in [0.5, 0.6) is 0 Å². The number of benzene rings is 1. The van der Waals surface area contributed by atoms with E-state index in [9.17, 15) is 9.90 Å². The Kier molecular flexibility index (Phi) is 4.95. The van der Waals surface area contributed by atoms with Crippen molar-refractivity contribution in [1.82, 2.24) is 20.3 Å². The van der Waals surface area contributed by atoms with E-state index in [2.05, 4.69) is 20.3 Å². The molecule has 0 aliphatic carbocycles. The molecule has 130 valence electrons. The Bertz CT molecular complexity index is 857. The second-order valence-corrected chi connectivity index (χ2v) is 6.12. The van der Waals surface area contributed by atoms with E-state index in [0.29, 0.717) is 18.9 Å². The van der Waals surface area contributed by atoms with Gasteiger partial charge in [-0.1, -0.05) is 18.2 Å². The predicted molar refractivity (Wildman–Crippen MR) is 96.6 cm³/mol. The van der Waals surface area contributed by atoms with Gasteiger partial charge >= 0.3 is 5.97 Å². The summed E-state index contributed by atoms with van der Waals surface area (Å²) >= 11 is 0. The number of hydrogen-bond acceptors (Lipinski definition) is 5. The quantitative estimate of drug-likeness (QED) is 0.608. The Morgan fingerprint density at radius 3 is 2.68 bits per heavy atom. The van der Waals surface area contributed by atoms with Gasteiger partial charge in [0.2, 0.25) is 5.95 Å². The number of rotatable bonds is 7. The first kappa shape index (κ1) is 16.9. The number of aromatic nitrogens is 3. The summed E-state index contributed by atoms with van der Waals surface area (Å²) in [6.45, 7) is 0.396. The standard InChI is InChI=1S/C18H21N5O2/c1-23(2)18-21-9-12(10-22-18)8-19-16(17(24)25)7-13-11-20-15-6-4-3-5-14(13)15/h3-6,9-11,16,19-20H,7-8H2,1-2H3,(H,24,25). The largest absolute Gasteiger partial charge is 0.480 e.